The lowest BCUT2D eigenvalue weighted by molar-refractivity contribution is -0.134. The summed E-state index contributed by atoms with van der Waals surface area (Å²) in [6.45, 7) is 1.41. The molecule has 0 unspecified atom stereocenters. The Labute approximate surface area is 175 Å². The monoisotopic (exact) mass is 461 g/mol. The maximum absolute atomic E-state index is 12.7. The van der Waals surface area contributed by atoms with Crippen LogP contribution in [0.5, 0.6) is 11.6 Å². The number of carbonyl (C=O) groups excluding carboxylic acids is 1. The van der Waals surface area contributed by atoms with E-state index < -0.39 is 21.5 Å². The van der Waals surface area contributed by atoms with Gasteiger partial charge in [-0.2, -0.15) is 26.6 Å². The highest BCUT2D eigenvalue weighted by molar-refractivity contribution is 7.87. The van der Waals surface area contributed by atoms with E-state index in [0.29, 0.717) is 37.6 Å². The Bertz CT molecular complexity index is 1060. The smallest absolute Gasteiger partial charge is 0.497 e. The largest absolute Gasteiger partial charge is 0.534 e. The average Bonchev–Trinajstić information content (AvgIpc) is 2.73. The van der Waals surface area contributed by atoms with Crippen molar-refractivity contribution in [1.29, 1.82) is 0 Å². The molecule has 2 heterocycles. The first-order valence-electron chi connectivity index (χ1n) is 8.98. The lowest BCUT2D eigenvalue weighted by atomic mass is 10.1. The second-order valence-corrected chi connectivity index (χ2v) is 7.93. The van der Waals surface area contributed by atoms with Gasteiger partial charge in [0.05, 0.1) is 32.4 Å². The molecule has 1 aliphatic heterocycles. The summed E-state index contributed by atoms with van der Waals surface area (Å²) in [6, 6.07) is 7.32. The van der Waals surface area contributed by atoms with Gasteiger partial charge in [0.1, 0.15) is 11.6 Å². The van der Waals surface area contributed by atoms with Gasteiger partial charge in [-0.1, -0.05) is 12.1 Å². The minimum atomic E-state index is -5.96. The summed E-state index contributed by atoms with van der Waals surface area (Å²) >= 11 is 0. The van der Waals surface area contributed by atoms with E-state index in [1.165, 1.54) is 18.1 Å². The van der Waals surface area contributed by atoms with Crippen molar-refractivity contribution in [3.8, 4) is 22.9 Å². The van der Waals surface area contributed by atoms with Crippen LogP contribution in [0, 0.1) is 0 Å². The molecule has 168 valence electrons. The van der Waals surface area contributed by atoms with Crippen LogP contribution in [0.2, 0.25) is 0 Å². The summed E-state index contributed by atoms with van der Waals surface area (Å²) in [5, 5.41) is 0. The maximum atomic E-state index is 12.7. The van der Waals surface area contributed by atoms with Crippen LogP contribution in [0.15, 0.2) is 30.3 Å². The predicted octanol–water partition coefficient (Wildman–Crippen LogP) is 1.78. The van der Waals surface area contributed by atoms with Crippen LogP contribution in [0.3, 0.4) is 0 Å². The number of amides is 1. The molecule has 0 saturated carbocycles. The Morgan fingerprint density at radius 1 is 1.19 bits per heavy atom. The molecule has 9 nitrogen and oxygen atoms in total. The first-order chi connectivity index (χ1) is 14.6. The highest BCUT2D eigenvalue weighted by atomic mass is 32.2. The summed E-state index contributed by atoms with van der Waals surface area (Å²) in [5.41, 5.74) is -5.18. The van der Waals surface area contributed by atoms with E-state index in [2.05, 4.69) is 14.2 Å². The van der Waals surface area contributed by atoms with E-state index in [4.69, 9.17) is 9.47 Å². The number of aromatic nitrogens is 2. The number of methoxy groups -OCH3 is 1. The van der Waals surface area contributed by atoms with Crippen molar-refractivity contribution in [1.82, 2.24) is 14.9 Å². The van der Waals surface area contributed by atoms with Gasteiger partial charge in [-0.25, -0.2) is 4.98 Å². The van der Waals surface area contributed by atoms with Gasteiger partial charge in [-0.05, 0) is 12.1 Å². The number of ether oxygens (including phenoxy) is 2. The highest BCUT2D eigenvalue weighted by Gasteiger charge is 2.49. The van der Waals surface area contributed by atoms with Crippen molar-refractivity contribution in [2.45, 2.75) is 11.9 Å². The van der Waals surface area contributed by atoms with Crippen LogP contribution in [0.4, 0.5) is 13.2 Å². The zero-order chi connectivity index (χ0) is 22.6. The zero-order valence-electron chi connectivity index (χ0n) is 16.3. The third kappa shape index (κ3) is 5.61. The molecule has 1 aliphatic rings. The number of benzene rings is 1. The Hall–Kier alpha value is -2.93. The van der Waals surface area contributed by atoms with E-state index in [1.807, 2.05) is 0 Å². The molecule has 1 fully saturated rings. The third-order valence-corrected chi connectivity index (χ3v) is 5.22. The molecule has 1 aromatic heterocycles. The summed E-state index contributed by atoms with van der Waals surface area (Å²) < 4.78 is 75.6. The maximum Gasteiger partial charge on any atom is 0.534 e. The van der Waals surface area contributed by atoms with Crippen molar-refractivity contribution in [3.05, 3.63) is 36.2 Å². The van der Waals surface area contributed by atoms with Gasteiger partial charge >= 0.3 is 15.6 Å². The van der Waals surface area contributed by atoms with Gasteiger partial charge in [-0.3, -0.25) is 4.79 Å². The molecule has 0 bridgehead atoms. The van der Waals surface area contributed by atoms with Crippen molar-refractivity contribution in [3.63, 3.8) is 0 Å². The highest BCUT2D eigenvalue weighted by Crippen LogP contribution is 2.29. The molecule has 0 N–H and O–H groups in total. The lowest BCUT2D eigenvalue weighted by Gasteiger charge is -2.26. The normalized spacial score (nSPS) is 14.9. The van der Waals surface area contributed by atoms with E-state index in [1.54, 1.807) is 18.2 Å². The van der Waals surface area contributed by atoms with Crippen molar-refractivity contribution < 1.29 is 40.0 Å². The fraction of sp³-hybridized carbons (Fsp3) is 0.389. The van der Waals surface area contributed by atoms with Crippen molar-refractivity contribution >= 4 is 16.0 Å². The van der Waals surface area contributed by atoms with Crippen LogP contribution < -0.4 is 8.92 Å². The van der Waals surface area contributed by atoms with Gasteiger partial charge in [0.15, 0.2) is 0 Å². The Kier molecular flexibility index (Phi) is 6.65. The molecule has 13 heteroatoms. The first-order valence-corrected chi connectivity index (χ1v) is 10.4. The summed E-state index contributed by atoms with van der Waals surface area (Å²) in [6.07, 6.45) is -0.361. The summed E-state index contributed by atoms with van der Waals surface area (Å²) in [4.78, 5) is 21.9. The molecular weight excluding hydrogens is 443 g/mol. The van der Waals surface area contributed by atoms with Crippen molar-refractivity contribution in [2.75, 3.05) is 33.4 Å². The number of halogens is 3. The SMILES string of the molecule is COc1cccc(-c2cc(OS(=O)(=O)C(F)(F)F)nc(CC(=O)N3CCOCC3)n2)c1. The van der Waals surface area contributed by atoms with Gasteiger partial charge < -0.3 is 18.6 Å². The molecule has 0 atom stereocenters. The number of alkyl halides is 3. The minimum absolute atomic E-state index is 0.0612. The number of nitrogens with zero attached hydrogens (tertiary/aromatic N) is 3. The van der Waals surface area contributed by atoms with E-state index in [9.17, 15) is 26.4 Å². The number of carbonyl (C=O) groups is 1. The van der Waals surface area contributed by atoms with Crippen LogP contribution in [0.1, 0.15) is 5.82 Å². The minimum Gasteiger partial charge on any atom is -0.497 e. The quantitative estimate of drug-likeness (QED) is 0.473. The Morgan fingerprint density at radius 3 is 2.55 bits per heavy atom. The number of morpholine rings is 1. The zero-order valence-corrected chi connectivity index (χ0v) is 17.1. The fourth-order valence-electron chi connectivity index (χ4n) is 2.74. The van der Waals surface area contributed by atoms with Crippen LogP contribution in [-0.4, -0.2) is 68.1 Å². The van der Waals surface area contributed by atoms with Crippen LogP contribution in [0.25, 0.3) is 11.3 Å². The van der Waals surface area contributed by atoms with E-state index in [-0.39, 0.29) is 23.8 Å². The number of hydrogen-bond donors (Lipinski definition) is 0. The van der Waals surface area contributed by atoms with E-state index >= 15 is 0 Å². The molecule has 3 rings (SSSR count). The van der Waals surface area contributed by atoms with Crippen LogP contribution >= 0.6 is 0 Å². The number of rotatable bonds is 6. The lowest BCUT2D eigenvalue weighted by Crippen LogP contribution is -2.41. The molecule has 1 amide bonds. The molecule has 31 heavy (non-hydrogen) atoms. The molecule has 0 aliphatic carbocycles. The average molecular weight is 461 g/mol. The Balaban J connectivity index is 1.97. The predicted molar refractivity (Wildman–Crippen MR) is 101 cm³/mol. The van der Waals surface area contributed by atoms with Crippen LogP contribution in [-0.2, 0) is 26.1 Å². The first kappa shape index (κ1) is 22.7. The van der Waals surface area contributed by atoms with Gasteiger partial charge in [-0.15, -0.1) is 0 Å². The topological polar surface area (TPSA) is 108 Å². The molecular formula is C18H18F3N3O6S. The molecule has 1 saturated heterocycles. The summed E-state index contributed by atoms with van der Waals surface area (Å²) in [5.74, 6) is -0.984. The standard InChI is InChI=1S/C18H18F3N3O6S/c1-28-13-4-2-3-12(9-13)14-10-16(30-31(26,27)18(19,20)21)23-15(22-14)11-17(25)24-5-7-29-8-6-24/h2-4,9-10H,5-8,11H2,1H3. The summed E-state index contributed by atoms with van der Waals surface area (Å²) in [7, 11) is -4.53. The molecule has 0 spiro atoms. The third-order valence-electron chi connectivity index (χ3n) is 4.27. The second-order valence-electron chi connectivity index (χ2n) is 6.39. The fourth-order valence-corrected chi connectivity index (χ4v) is 3.15. The van der Waals surface area contributed by atoms with Gasteiger partial charge in [0, 0.05) is 24.7 Å². The molecule has 2 aromatic rings. The van der Waals surface area contributed by atoms with Gasteiger partial charge in [0.25, 0.3) is 0 Å². The Morgan fingerprint density at radius 2 is 1.90 bits per heavy atom. The van der Waals surface area contributed by atoms with Gasteiger partial charge in [0.2, 0.25) is 11.8 Å². The second kappa shape index (κ2) is 9.06. The number of hydrogen-bond acceptors (Lipinski definition) is 8. The van der Waals surface area contributed by atoms with Crippen molar-refractivity contribution in [2.24, 2.45) is 0 Å². The molecule has 0 radical (unpaired) electrons. The molecule has 1 aromatic carbocycles. The van der Waals surface area contributed by atoms with E-state index in [0.717, 1.165) is 6.07 Å².